The lowest BCUT2D eigenvalue weighted by Crippen LogP contribution is -2.47. The number of anilines is 1. The number of hydrogen-bond donors (Lipinski definition) is 1. The average Bonchev–Trinajstić information content (AvgIpc) is 2.48. The lowest BCUT2D eigenvalue weighted by molar-refractivity contribution is 0.169. The van der Waals surface area contributed by atoms with E-state index >= 15 is 0 Å². The van der Waals surface area contributed by atoms with Crippen molar-refractivity contribution in [3.05, 3.63) is 23.9 Å². The zero-order valence-electron chi connectivity index (χ0n) is 11.7. The third kappa shape index (κ3) is 4.16. The Morgan fingerprint density at radius 1 is 1.26 bits per heavy atom. The largest absolute Gasteiger partial charge is 0.385 e. The van der Waals surface area contributed by atoms with Crippen LogP contribution in [0.25, 0.3) is 0 Å². The van der Waals surface area contributed by atoms with Crippen LogP contribution in [0.3, 0.4) is 0 Å². The molecule has 0 radical (unpaired) electrons. The van der Waals surface area contributed by atoms with E-state index in [1.807, 2.05) is 6.20 Å². The monoisotopic (exact) mass is 264 g/mol. The highest BCUT2D eigenvalue weighted by molar-refractivity contribution is 5.39. The minimum Gasteiger partial charge on any atom is -0.385 e. The van der Waals surface area contributed by atoms with E-state index in [1.165, 1.54) is 0 Å². The van der Waals surface area contributed by atoms with Crippen molar-refractivity contribution < 1.29 is 4.74 Å². The molecule has 1 fully saturated rings. The summed E-state index contributed by atoms with van der Waals surface area (Å²) < 4.78 is 5.09. The summed E-state index contributed by atoms with van der Waals surface area (Å²) in [7, 11) is 1.76. The smallest absolute Gasteiger partial charge is 0.128 e. The summed E-state index contributed by atoms with van der Waals surface area (Å²) >= 11 is 0. The number of nitrogens with zero attached hydrogens (tertiary/aromatic N) is 3. The molecular weight excluding hydrogens is 240 g/mol. The van der Waals surface area contributed by atoms with Crippen LogP contribution in [-0.2, 0) is 11.3 Å². The Hall–Kier alpha value is -1.17. The van der Waals surface area contributed by atoms with Crippen molar-refractivity contribution in [2.24, 2.45) is 5.73 Å². The average molecular weight is 264 g/mol. The number of rotatable bonds is 6. The van der Waals surface area contributed by atoms with Gasteiger partial charge in [0.25, 0.3) is 0 Å². The minimum absolute atomic E-state index is 0.556. The molecule has 0 spiro atoms. The molecule has 0 aliphatic carbocycles. The highest BCUT2D eigenvalue weighted by Crippen LogP contribution is 2.14. The summed E-state index contributed by atoms with van der Waals surface area (Å²) in [5, 5.41) is 0. The van der Waals surface area contributed by atoms with Crippen LogP contribution in [0.15, 0.2) is 18.3 Å². The summed E-state index contributed by atoms with van der Waals surface area (Å²) in [6.45, 7) is 6.82. The fraction of sp³-hybridized carbons (Fsp3) is 0.643. The van der Waals surface area contributed by atoms with E-state index in [2.05, 4.69) is 26.9 Å². The molecular formula is C14H24N4O. The molecule has 0 saturated carbocycles. The van der Waals surface area contributed by atoms with Crippen LogP contribution in [0.4, 0.5) is 5.82 Å². The van der Waals surface area contributed by atoms with Crippen LogP contribution >= 0.6 is 0 Å². The van der Waals surface area contributed by atoms with Gasteiger partial charge in [0.15, 0.2) is 0 Å². The summed E-state index contributed by atoms with van der Waals surface area (Å²) in [6.07, 6.45) is 2.99. The van der Waals surface area contributed by atoms with Gasteiger partial charge in [-0.25, -0.2) is 4.98 Å². The molecule has 106 valence electrons. The van der Waals surface area contributed by atoms with E-state index in [-0.39, 0.29) is 0 Å². The normalized spacial score (nSPS) is 16.8. The number of hydrogen-bond acceptors (Lipinski definition) is 5. The first-order valence-corrected chi connectivity index (χ1v) is 6.94. The number of piperazine rings is 1. The van der Waals surface area contributed by atoms with Crippen molar-refractivity contribution in [3.63, 3.8) is 0 Å². The van der Waals surface area contributed by atoms with Crippen molar-refractivity contribution in [2.75, 3.05) is 51.3 Å². The van der Waals surface area contributed by atoms with E-state index in [9.17, 15) is 0 Å². The molecule has 5 nitrogen and oxygen atoms in total. The lowest BCUT2D eigenvalue weighted by Gasteiger charge is -2.35. The van der Waals surface area contributed by atoms with E-state index in [1.54, 1.807) is 7.11 Å². The van der Waals surface area contributed by atoms with Crippen molar-refractivity contribution in [3.8, 4) is 0 Å². The zero-order chi connectivity index (χ0) is 13.5. The minimum atomic E-state index is 0.556. The topological polar surface area (TPSA) is 54.6 Å². The molecule has 1 aliphatic rings. The van der Waals surface area contributed by atoms with Gasteiger partial charge in [0.1, 0.15) is 5.82 Å². The van der Waals surface area contributed by atoms with E-state index in [0.717, 1.165) is 57.1 Å². The molecule has 0 amide bonds. The van der Waals surface area contributed by atoms with Crippen LogP contribution in [0, 0.1) is 0 Å². The van der Waals surface area contributed by atoms with E-state index < -0.39 is 0 Å². The molecule has 1 aromatic heterocycles. The van der Waals surface area contributed by atoms with Crippen LogP contribution in [0.2, 0.25) is 0 Å². The molecule has 0 aromatic carbocycles. The second-order valence-electron chi connectivity index (χ2n) is 4.90. The first-order valence-electron chi connectivity index (χ1n) is 6.94. The van der Waals surface area contributed by atoms with Crippen LogP contribution in [0.5, 0.6) is 0 Å². The van der Waals surface area contributed by atoms with Crippen molar-refractivity contribution in [1.29, 1.82) is 0 Å². The number of ether oxygens (including phenoxy) is 1. The van der Waals surface area contributed by atoms with Gasteiger partial charge in [-0.05, 0) is 18.1 Å². The molecule has 2 N–H and O–H groups in total. The molecule has 1 aliphatic heterocycles. The predicted molar refractivity (Wildman–Crippen MR) is 77.3 cm³/mol. The number of aromatic nitrogens is 1. The molecule has 1 aromatic rings. The highest BCUT2D eigenvalue weighted by Gasteiger charge is 2.17. The van der Waals surface area contributed by atoms with Crippen LogP contribution in [0.1, 0.15) is 12.0 Å². The fourth-order valence-electron chi connectivity index (χ4n) is 2.36. The van der Waals surface area contributed by atoms with E-state index in [4.69, 9.17) is 10.5 Å². The number of methoxy groups -OCH3 is 1. The fourth-order valence-corrected chi connectivity index (χ4v) is 2.36. The van der Waals surface area contributed by atoms with Gasteiger partial charge in [-0.1, -0.05) is 6.07 Å². The van der Waals surface area contributed by atoms with Crippen molar-refractivity contribution in [1.82, 2.24) is 9.88 Å². The first-order chi connectivity index (χ1) is 9.33. The molecule has 1 saturated heterocycles. The molecule has 2 rings (SSSR count). The lowest BCUT2D eigenvalue weighted by atomic mass is 10.2. The SMILES string of the molecule is COCCCN1CCN(c2ccc(CN)cn2)CC1. The highest BCUT2D eigenvalue weighted by atomic mass is 16.5. The number of nitrogens with two attached hydrogens (primary N) is 1. The molecule has 0 bridgehead atoms. The maximum absolute atomic E-state index is 5.58. The quantitative estimate of drug-likeness (QED) is 0.767. The summed E-state index contributed by atoms with van der Waals surface area (Å²) in [5.41, 5.74) is 6.67. The van der Waals surface area contributed by atoms with Crippen molar-refractivity contribution in [2.45, 2.75) is 13.0 Å². The van der Waals surface area contributed by atoms with Gasteiger partial charge in [0.2, 0.25) is 0 Å². The summed E-state index contributed by atoms with van der Waals surface area (Å²) in [5.74, 6) is 1.06. The third-order valence-electron chi connectivity index (χ3n) is 3.56. The molecule has 19 heavy (non-hydrogen) atoms. The first kappa shape index (κ1) is 14.2. The van der Waals surface area contributed by atoms with Gasteiger partial charge in [-0.2, -0.15) is 0 Å². The molecule has 0 atom stereocenters. The predicted octanol–water partition coefficient (Wildman–Crippen LogP) is 0.699. The van der Waals surface area contributed by atoms with Crippen LogP contribution in [-0.4, -0.2) is 56.3 Å². The second kappa shape index (κ2) is 7.43. The second-order valence-corrected chi connectivity index (χ2v) is 4.90. The Labute approximate surface area is 115 Å². The Morgan fingerprint density at radius 3 is 2.63 bits per heavy atom. The standard InChI is InChI=1S/C14H24N4O/c1-19-10-2-5-17-6-8-18(9-7-17)14-4-3-13(11-15)12-16-14/h3-4,12H,2,5-11,15H2,1H3. The number of pyridine rings is 1. The maximum atomic E-state index is 5.58. The maximum Gasteiger partial charge on any atom is 0.128 e. The van der Waals surface area contributed by atoms with Gasteiger partial charge in [0.05, 0.1) is 0 Å². The Morgan fingerprint density at radius 2 is 2.05 bits per heavy atom. The van der Waals surface area contributed by atoms with Crippen LogP contribution < -0.4 is 10.6 Å². The molecule has 0 unspecified atom stereocenters. The molecule has 5 heteroatoms. The molecule has 2 heterocycles. The van der Waals surface area contributed by atoms with E-state index in [0.29, 0.717) is 6.54 Å². The van der Waals surface area contributed by atoms with Gasteiger partial charge in [-0.3, -0.25) is 4.90 Å². The zero-order valence-corrected chi connectivity index (χ0v) is 11.7. The van der Waals surface area contributed by atoms with Crippen molar-refractivity contribution >= 4 is 5.82 Å². The third-order valence-corrected chi connectivity index (χ3v) is 3.56. The summed E-state index contributed by atoms with van der Waals surface area (Å²) in [4.78, 5) is 9.31. The van der Waals surface area contributed by atoms with Gasteiger partial charge in [0, 0.05) is 59.2 Å². The van der Waals surface area contributed by atoms with Gasteiger partial charge >= 0.3 is 0 Å². The Bertz CT molecular complexity index is 360. The Kier molecular flexibility index (Phi) is 5.57. The van der Waals surface area contributed by atoms with Gasteiger partial charge < -0.3 is 15.4 Å². The van der Waals surface area contributed by atoms with Gasteiger partial charge in [-0.15, -0.1) is 0 Å². The summed E-state index contributed by atoms with van der Waals surface area (Å²) in [6, 6.07) is 4.13. The Balaban J connectivity index is 1.78.